The molecule has 0 aromatic carbocycles. The first-order valence-electron chi connectivity index (χ1n) is 3.24. The Kier molecular flexibility index (Phi) is 2.53. The SMILES string of the molecule is Pn1cnc2c(Cl)nc(NI)nc21. The van der Waals surface area contributed by atoms with E-state index in [1.54, 1.807) is 10.7 Å². The molecule has 1 N–H and O–H groups in total. The quantitative estimate of drug-likeness (QED) is 0.376. The number of aromatic nitrogens is 4. The van der Waals surface area contributed by atoms with Gasteiger partial charge in [-0.1, -0.05) is 11.6 Å². The molecule has 0 bridgehead atoms. The summed E-state index contributed by atoms with van der Waals surface area (Å²) in [4.78, 5) is 12.2. The Morgan fingerprint density at radius 1 is 1.54 bits per heavy atom. The largest absolute Gasteiger partial charge is 0.299 e. The molecule has 0 spiro atoms. The van der Waals surface area contributed by atoms with Gasteiger partial charge in [0.05, 0.1) is 22.9 Å². The molecule has 0 aliphatic carbocycles. The number of imidazole rings is 1. The van der Waals surface area contributed by atoms with Gasteiger partial charge in [-0.2, -0.15) is 9.97 Å². The van der Waals surface area contributed by atoms with Crippen LogP contribution in [0, 0.1) is 0 Å². The second-order valence-electron chi connectivity index (χ2n) is 2.26. The van der Waals surface area contributed by atoms with E-state index in [2.05, 4.69) is 27.9 Å². The van der Waals surface area contributed by atoms with Crippen molar-refractivity contribution in [1.29, 1.82) is 0 Å². The lowest BCUT2D eigenvalue weighted by molar-refractivity contribution is 1.19. The molecule has 68 valence electrons. The second kappa shape index (κ2) is 3.51. The van der Waals surface area contributed by atoms with Crippen molar-refractivity contribution in [3.63, 3.8) is 0 Å². The molecule has 0 aliphatic rings. The Morgan fingerprint density at radius 2 is 2.31 bits per heavy atom. The van der Waals surface area contributed by atoms with Crippen molar-refractivity contribution in [2.75, 3.05) is 3.53 Å². The summed E-state index contributed by atoms with van der Waals surface area (Å²) in [5.41, 5.74) is 1.29. The van der Waals surface area contributed by atoms with Crippen LogP contribution in [0.25, 0.3) is 11.2 Å². The highest BCUT2D eigenvalue weighted by atomic mass is 127. The Labute approximate surface area is 95.0 Å². The zero-order valence-electron chi connectivity index (χ0n) is 6.20. The molecule has 2 aromatic heterocycles. The summed E-state index contributed by atoms with van der Waals surface area (Å²) in [6, 6.07) is 0. The van der Waals surface area contributed by atoms with E-state index in [1.165, 1.54) is 0 Å². The molecular weight excluding hydrogens is 323 g/mol. The number of hydrogen-bond donors (Lipinski definition) is 1. The molecular formula is C5H4ClIN5P. The zero-order valence-corrected chi connectivity index (χ0v) is 10.3. The second-order valence-corrected chi connectivity index (χ2v) is 3.71. The number of halogens is 2. The van der Waals surface area contributed by atoms with E-state index in [9.17, 15) is 0 Å². The topological polar surface area (TPSA) is 55.6 Å². The van der Waals surface area contributed by atoms with Crippen LogP contribution in [0.15, 0.2) is 6.33 Å². The predicted octanol–water partition coefficient (Wildman–Crippen LogP) is 1.88. The number of nitrogens with zero attached hydrogens (tertiary/aromatic N) is 4. The van der Waals surface area contributed by atoms with Crippen molar-refractivity contribution in [1.82, 2.24) is 19.3 Å². The van der Waals surface area contributed by atoms with E-state index in [0.29, 0.717) is 22.3 Å². The molecule has 0 amide bonds. The molecule has 0 saturated carbocycles. The fourth-order valence-electron chi connectivity index (χ4n) is 0.924. The fourth-order valence-corrected chi connectivity index (χ4v) is 1.63. The van der Waals surface area contributed by atoms with E-state index in [0.717, 1.165) is 0 Å². The number of fused-ring (bicyclic) bond motifs is 1. The standard InChI is InChI=1S/C5H4ClIN5P/c6-3-2-4(12(13)1-8-2)10-5(9-3)11-7/h1H,13H2,(H,9,10,11). The van der Waals surface area contributed by atoms with Gasteiger partial charge in [0, 0.05) is 0 Å². The molecule has 13 heavy (non-hydrogen) atoms. The van der Waals surface area contributed by atoms with Crippen LogP contribution in [-0.4, -0.2) is 19.3 Å². The van der Waals surface area contributed by atoms with Gasteiger partial charge >= 0.3 is 0 Å². The van der Waals surface area contributed by atoms with Crippen LogP contribution in [0.4, 0.5) is 5.95 Å². The van der Waals surface area contributed by atoms with E-state index in [4.69, 9.17) is 11.6 Å². The number of rotatable bonds is 1. The normalized spacial score (nSPS) is 10.7. The van der Waals surface area contributed by atoms with Gasteiger partial charge in [-0.05, 0) is 9.39 Å². The maximum Gasteiger partial charge on any atom is 0.235 e. The van der Waals surface area contributed by atoms with Crippen molar-refractivity contribution >= 4 is 61.0 Å². The van der Waals surface area contributed by atoms with Crippen molar-refractivity contribution in [2.45, 2.75) is 0 Å². The average Bonchev–Trinajstić information content (AvgIpc) is 2.48. The van der Waals surface area contributed by atoms with Crippen LogP contribution in [-0.2, 0) is 0 Å². The third-order valence-corrected chi connectivity index (χ3v) is 2.59. The summed E-state index contributed by atoms with van der Waals surface area (Å²) in [7, 11) is 2.47. The molecule has 0 radical (unpaired) electrons. The molecule has 2 aromatic rings. The lowest BCUT2D eigenvalue weighted by Crippen LogP contribution is -1.93. The number of anilines is 1. The predicted molar refractivity (Wildman–Crippen MR) is 63.1 cm³/mol. The maximum atomic E-state index is 5.87. The third-order valence-electron chi connectivity index (χ3n) is 1.46. The van der Waals surface area contributed by atoms with Crippen LogP contribution < -0.4 is 3.53 Å². The monoisotopic (exact) mass is 327 g/mol. The van der Waals surface area contributed by atoms with E-state index in [-0.39, 0.29) is 0 Å². The van der Waals surface area contributed by atoms with E-state index in [1.807, 2.05) is 22.9 Å². The van der Waals surface area contributed by atoms with Gasteiger partial charge in [0.2, 0.25) is 5.95 Å². The highest BCUT2D eigenvalue weighted by molar-refractivity contribution is 14.1. The van der Waals surface area contributed by atoms with Gasteiger partial charge in [-0.25, -0.2) is 4.98 Å². The summed E-state index contributed by atoms with van der Waals surface area (Å²) in [6.45, 7) is 0. The first-order chi connectivity index (χ1) is 6.22. The van der Waals surface area contributed by atoms with E-state index >= 15 is 0 Å². The van der Waals surface area contributed by atoms with Crippen LogP contribution in [0.5, 0.6) is 0 Å². The summed E-state index contributed by atoms with van der Waals surface area (Å²) >= 11 is 7.82. The fraction of sp³-hybridized carbons (Fsp3) is 0. The minimum Gasteiger partial charge on any atom is -0.299 e. The lowest BCUT2D eigenvalue weighted by Gasteiger charge is -1.98. The minimum absolute atomic E-state index is 0.352. The zero-order chi connectivity index (χ0) is 9.42. The van der Waals surface area contributed by atoms with Crippen LogP contribution in [0.1, 0.15) is 0 Å². The lowest BCUT2D eigenvalue weighted by atomic mass is 10.6. The van der Waals surface area contributed by atoms with Crippen LogP contribution in [0.3, 0.4) is 0 Å². The molecule has 5 nitrogen and oxygen atoms in total. The maximum absolute atomic E-state index is 5.87. The van der Waals surface area contributed by atoms with E-state index < -0.39 is 0 Å². The van der Waals surface area contributed by atoms with Crippen molar-refractivity contribution in [3.8, 4) is 0 Å². The Hall–Kier alpha value is -0.200. The van der Waals surface area contributed by atoms with Crippen molar-refractivity contribution in [2.24, 2.45) is 0 Å². The molecule has 1 atom stereocenters. The summed E-state index contributed by atoms with van der Waals surface area (Å²) in [5.74, 6) is 0.474. The molecule has 0 saturated heterocycles. The number of nitrogens with one attached hydrogen (secondary N) is 1. The third kappa shape index (κ3) is 1.58. The first-order valence-corrected chi connectivity index (χ1v) is 5.22. The molecule has 2 rings (SSSR count). The first kappa shape index (κ1) is 9.36. The van der Waals surface area contributed by atoms with Crippen LogP contribution in [0.2, 0.25) is 5.15 Å². The van der Waals surface area contributed by atoms with Crippen molar-refractivity contribution < 1.29 is 0 Å². The molecule has 8 heteroatoms. The molecule has 2 heterocycles. The smallest absolute Gasteiger partial charge is 0.235 e. The van der Waals surface area contributed by atoms with Crippen LogP contribution >= 0.6 is 43.9 Å². The summed E-state index contributed by atoms with van der Waals surface area (Å²) in [6.07, 6.45) is 1.62. The van der Waals surface area contributed by atoms with Gasteiger partial charge in [-0.15, -0.1) is 0 Å². The molecule has 0 aliphatic heterocycles. The summed E-state index contributed by atoms with van der Waals surface area (Å²) < 4.78 is 4.50. The highest BCUT2D eigenvalue weighted by Crippen LogP contribution is 2.21. The summed E-state index contributed by atoms with van der Waals surface area (Å²) in [5, 5.41) is 0.352. The number of hydrogen-bond acceptors (Lipinski definition) is 4. The van der Waals surface area contributed by atoms with Gasteiger partial charge in [0.1, 0.15) is 11.8 Å². The Bertz CT molecular complexity index is 457. The molecule has 0 fully saturated rings. The Morgan fingerprint density at radius 3 is 3.00 bits per heavy atom. The average molecular weight is 327 g/mol. The Balaban J connectivity index is 2.80. The van der Waals surface area contributed by atoms with Gasteiger partial charge < -0.3 is 0 Å². The highest BCUT2D eigenvalue weighted by Gasteiger charge is 2.08. The van der Waals surface area contributed by atoms with Gasteiger partial charge in [0.25, 0.3) is 0 Å². The van der Waals surface area contributed by atoms with Gasteiger partial charge in [0.15, 0.2) is 10.8 Å². The molecule has 1 unspecified atom stereocenters. The van der Waals surface area contributed by atoms with Crippen molar-refractivity contribution in [3.05, 3.63) is 11.5 Å². The minimum atomic E-state index is 0.352. The van der Waals surface area contributed by atoms with Gasteiger partial charge in [-0.3, -0.25) is 7.87 Å².